The van der Waals surface area contributed by atoms with E-state index >= 15 is 0 Å². The van der Waals surface area contributed by atoms with Gasteiger partial charge in [0.2, 0.25) is 0 Å². The molecular formula is C18H19N5O. The van der Waals surface area contributed by atoms with Gasteiger partial charge in [-0.15, -0.1) is 0 Å². The van der Waals surface area contributed by atoms with Crippen molar-refractivity contribution < 1.29 is 4.79 Å². The largest absolute Gasteiger partial charge is 0.355 e. The molecule has 122 valence electrons. The standard InChI is InChI=1S/C18H19N5O/c1-23(12-14-6-3-2-4-7-14)17-15(8-5-9-20-17)10-21-18(24)16-11-19-13-22-16/h2-9,11,13H,10,12H2,1H3,(H,19,22)(H,21,24). The average molecular weight is 321 g/mol. The lowest BCUT2D eigenvalue weighted by Gasteiger charge is -2.21. The van der Waals surface area contributed by atoms with Crippen LogP contribution in [0, 0.1) is 0 Å². The van der Waals surface area contributed by atoms with Gasteiger partial charge in [0.05, 0.1) is 12.5 Å². The van der Waals surface area contributed by atoms with Crippen LogP contribution in [0.25, 0.3) is 0 Å². The van der Waals surface area contributed by atoms with E-state index in [1.807, 2.05) is 37.4 Å². The van der Waals surface area contributed by atoms with Gasteiger partial charge in [-0.25, -0.2) is 9.97 Å². The van der Waals surface area contributed by atoms with E-state index in [1.165, 1.54) is 18.1 Å². The molecule has 0 aliphatic carbocycles. The van der Waals surface area contributed by atoms with E-state index in [1.54, 1.807) is 6.20 Å². The molecular weight excluding hydrogens is 302 g/mol. The number of pyridine rings is 1. The van der Waals surface area contributed by atoms with Gasteiger partial charge in [0.25, 0.3) is 5.91 Å². The Morgan fingerprint density at radius 2 is 2.04 bits per heavy atom. The Bertz CT molecular complexity index is 786. The van der Waals surface area contributed by atoms with E-state index < -0.39 is 0 Å². The third-order valence-electron chi connectivity index (χ3n) is 3.67. The zero-order chi connectivity index (χ0) is 16.8. The first-order valence-corrected chi connectivity index (χ1v) is 7.69. The van der Waals surface area contributed by atoms with Crippen molar-refractivity contribution in [1.82, 2.24) is 20.3 Å². The molecule has 0 saturated carbocycles. The highest BCUT2D eigenvalue weighted by molar-refractivity contribution is 5.91. The summed E-state index contributed by atoms with van der Waals surface area (Å²) in [4.78, 5) is 25.2. The Kier molecular flexibility index (Phi) is 4.86. The van der Waals surface area contributed by atoms with Crippen molar-refractivity contribution in [3.05, 3.63) is 78.0 Å². The number of aromatic amines is 1. The Morgan fingerprint density at radius 3 is 2.79 bits per heavy atom. The van der Waals surface area contributed by atoms with Gasteiger partial charge in [0.1, 0.15) is 11.5 Å². The zero-order valence-electron chi connectivity index (χ0n) is 13.4. The normalized spacial score (nSPS) is 10.4. The molecule has 3 rings (SSSR count). The third-order valence-corrected chi connectivity index (χ3v) is 3.67. The zero-order valence-corrected chi connectivity index (χ0v) is 13.4. The molecule has 0 radical (unpaired) electrons. The fourth-order valence-corrected chi connectivity index (χ4v) is 2.49. The fraction of sp³-hybridized carbons (Fsp3) is 0.167. The van der Waals surface area contributed by atoms with E-state index in [2.05, 4.69) is 37.3 Å². The lowest BCUT2D eigenvalue weighted by molar-refractivity contribution is 0.0946. The number of carbonyl (C=O) groups excluding carboxylic acids is 1. The average Bonchev–Trinajstić information content (AvgIpc) is 3.15. The quantitative estimate of drug-likeness (QED) is 0.731. The third kappa shape index (κ3) is 3.78. The number of anilines is 1. The molecule has 2 aromatic heterocycles. The van der Waals surface area contributed by atoms with Gasteiger partial charge >= 0.3 is 0 Å². The number of carbonyl (C=O) groups is 1. The summed E-state index contributed by atoms with van der Waals surface area (Å²) in [6, 6.07) is 14.0. The maximum Gasteiger partial charge on any atom is 0.269 e. The van der Waals surface area contributed by atoms with Crippen molar-refractivity contribution in [1.29, 1.82) is 0 Å². The summed E-state index contributed by atoms with van der Waals surface area (Å²) >= 11 is 0. The van der Waals surface area contributed by atoms with Crippen LogP contribution in [0.15, 0.2) is 61.2 Å². The fourth-order valence-electron chi connectivity index (χ4n) is 2.49. The first-order valence-electron chi connectivity index (χ1n) is 7.69. The number of nitrogens with zero attached hydrogens (tertiary/aromatic N) is 3. The van der Waals surface area contributed by atoms with E-state index in [0.29, 0.717) is 12.2 Å². The number of hydrogen-bond acceptors (Lipinski definition) is 4. The number of amides is 1. The number of H-pyrrole nitrogens is 1. The first kappa shape index (κ1) is 15.7. The van der Waals surface area contributed by atoms with Gasteiger partial charge in [-0.2, -0.15) is 0 Å². The highest BCUT2D eigenvalue weighted by atomic mass is 16.1. The summed E-state index contributed by atoms with van der Waals surface area (Å²) in [5.74, 6) is 0.666. The maximum atomic E-state index is 12.0. The number of benzene rings is 1. The number of aromatic nitrogens is 3. The highest BCUT2D eigenvalue weighted by Gasteiger charge is 2.11. The molecule has 2 heterocycles. The molecule has 0 fully saturated rings. The van der Waals surface area contributed by atoms with Crippen LogP contribution in [0.3, 0.4) is 0 Å². The molecule has 0 saturated heterocycles. The minimum absolute atomic E-state index is 0.187. The summed E-state index contributed by atoms with van der Waals surface area (Å²) in [6.45, 7) is 1.15. The van der Waals surface area contributed by atoms with Gasteiger partial charge in [0, 0.05) is 31.9 Å². The van der Waals surface area contributed by atoms with Crippen molar-refractivity contribution in [2.45, 2.75) is 13.1 Å². The van der Waals surface area contributed by atoms with Crippen molar-refractivity contribution in [2.24, 2.45) is 0 Å². The molecule has 2 N–H and O–H groups in total. The monoisotopic (exact) mass is 321 g/mol. The number of nitrogens with one attached hydrogen (secondary N) is 2. The number of hydrogen-bond donors (Lipinski definition) is 2. The second-order valence-corrected chi connectivity index (χ2v) is 5.48. The minimum atomic E-state index is -0.187. The van der Waals surface area contributed by atoms with E-state index in [0.717, 1.165) is 17.9 Å². The molecule has 0 unspecified atom stereocenters. The van der Waals surface area contributed by atoms with Gasteiger partial charge in [0.15, 0.2) is 0 Å². The van der Waals surface area contributed by atoms with Crippen LogP contribution < -0.4 is 10.2 Å². The summed E-state index contributed by atoms with van der Waals surface area (Å²) in [6.07, 6.45) is 4.75. The Labute approximate surface area is 140 Å². The second kappa shape index (κ2) is 7.41. The summed E-state index contributed by atoms with van der Waals surface area (Å²) in [7, 11) is 2.00. The predicted molar refractivity (Wildman–Crippen MR) is 92.5 cm³/mol. The predicted octanol–water partition coefficient (Wildman–Crippen LogP) is 2.37. The van der Waals surface area contributed by atoms with Crippen molar-refractivity contribution >= 4 is 11.7 Å². The second-order valence-electron chi connectivity index (χ2n) is 5.48. The van der Waals surface area contributed by atoms with Crippen molar-refractivity contribution in [3.63, 3.8) is 0 Å². The van der Waals surface area contributed by atoms with Crippen LogP contribution in [0.4, 0.5) is 5.82 Å². The topological polar surface area (TPSA) is 73.9 Å². The SMILES string of the molecule is CN(Cc1ccccc1)c1ncccc1CNC(=O)c1cnc[nH]1. The smallest absolute Gasteiger partial charge is 0.269 e. The van der Waals surface area contributed by atoms with Crippen molar-refractivity contribution in [3.8, 4) is 0 Å². The minimum Gasteiger partial charge on any atom is -0.355 e. The van der Waals surface area contributed by atoms with Crippen LogP contribution in [-0.2, 0) is 13.1 Å². The summed E-state index contributed by atoms with van der Waals surface area (Å²) < 4.78 is 0. The van der Waals surface area contributed by atoms with Crippen LogP contribution in [0.2, 0.25) is 0 Å². The molecule has 0 atom stereocenters. The molecule has 3 aromatic rings. The van der Waals surface area contributed by atoms with Crippen molar-refractivity contribution in [2.75, 3.05) is 11.9 Å². The molecule has 0 aliphatic rings. The Hall–Kier alpha value is -3.15. The molecule has 6 heteroatoms. The molecule has 24 heavy (non-hydrogen) atoms. The lowest BCUT2D eigenvalue weighted by Crippen LogP contribution is -2.26. The molecule has 1 amide bonds. The van der Waals surface area contributed by atoms with Crippen LogP contribution >= 0.6 is 0 Å². The van der Waals surface area contributed by atoms with E-state index in [-0.39, 0.29) is 5.91 Å². The maximum absolute atomic E-state index is 12.0. The van der Waals surface area contributed by atoms with Gasteiger partial charge in [-0.1, -0.05) is 36.4 Å². The van der Waals surface area contributed by atoms with Gasteiger partial charge < -0.3 is 15.2 Å². The number of rotatable bonds is 6. The van der Waals surface area contributed by atoms with Gasteiger partial charge in [-0.3, -0.25) is 4.79 Å². The van der Waals surface area contributed by atoms with E-state index in [9.17, 15) is 4.79 Å². The van der Waals surface area contributed by atoms with Crippen LogP contribution in [-0.4, -0.2) is 27.9 Å². The Balaban J connectivity index is 1.69. The summed E-state index contributed by atoms with van der Waals surface area (Å²) in [5, 5.41) is 2.88. The van der Waals surface area contributed by atoms with Crippen LogP contribution in [0.5, 0.6) is 0 Å². The lowest BCUT2D eigenvalue weighted by atomic mass is 10.2. The van der Waals surface area contributed by atoms with Crippen LogP contribution in [0.1, 0.15) is 21.6 Å². The molecule has 0 aliphatic heterocycles. The Morgan fingerprint density at radius 1 is 1.21 bits per heavy atom. The van der Waals surface area contributed by atoms with Gasteiger partial charge in [-0.05, 0) is 11.6 Å². The highest BCUT2D eigenvalue weighted by Crippen LogP contribution is 2.18. The van der Waals surface area contributed by atoms with E-state index in [4.69, 9.17) is 0 Å². The molecule has 6 nitrogen and oxygen atoms in total. The number of imidazole rings is 1. The molecule has 0 bridgehead atoms. The summed E-state index contributed by atoms with van der Waals surface area (Å²) in [5.41, 5.74) is 2.61. The molecule has 1 aromatic carbocycles. The first-order chi connectivity index (χ1) is 11.7. The molecule has 0 spiro atoms.